The van der Waals surface area contributed by atoms with Crippen molar-refractivity contribution in [2.24, 2.45) is 52.3 Å². The zero-order chi connectivity index (χ0) is 37.2. The molecule has 0 aromatic heterocycles. The third-order valence-electron chi connectivity index (χ3n) is 14.9. The molecule has 0 aromatic carbocycles. The van der Waals surface area contributed by atoms with Crippen LogP contribution in [-0.2, 0) is 23.7 Å². The number of hydrogen-bond acceptors (Lipinski definition) is 13. The van der Waals surface area contributed by atoms with E-state index in [9.17, 15) is 40.9 Å². The van der Waals surface area contributed by atoms with E-state index in [1.165, 1.54) is 7.11 Å². The van der Waals surface area contributed by atoms with E-state index in [4.69, 9.17) is 23.7 Å². The molecule has 6 fully saturated rings. The summed E-state index contributed by atoms with van der Waals surface area (Å²) in [7, 11) is 1.37. The first-order valence-electron chi connectivity index (χ1n) is 19.5. The molecule has 0 amide bonds. The topological polar surface area (TPSA) is 208 Å². The molecule has 6 aliphatic rings. The molecule has 13 heteroatoms. The molecule has 6 rings (SSSR count). The lowest BCUT2D eigenvalue weighted by atomic mass is 9.43. The minimum atomic E-state index is -1.26. The zero-order valence-corrected chi connectivity index (χ0v) is 31.2. The Morgan fingerprint density at radius 3 is 2.10 bits per heavy atom. The van der Waals surface area contributed by atoms with Gasteiger partial charge in [0, 0.05) is 13.0 Å². The molecule has 0 unspecified atom stereocenters. The lowest BCUT2D eigenvalue weighted by Crippen LogP contribution is -2.63. The Labute approximate surface area is 302 Å². The summed E-state index contributed by atoms with van der Waals surface area (Å²) in [6, 6.07) is 0. The van der Waals surface area contributed by atoms with E-state index in [2.05, 4.69) is 34.6 Å². The molecule has 4 saturated carbocycles. The van der Waals surface area contributed by atoms with Crippen LogP contribution in [0.3, 0.4) is 0 Å². The van der Waals surface area contributed by atoms with Gasteiger partial charge in [0.05, 0.1) is 43.7 Å². The van der Waals surface area contributed by atoms with Gasteiger partial charge in [-0.05, 0) is 97.7 Å². The first-order chi connectivity index (χ1) is 24.1. The Morgan fingerprint density at radius 1 is 0.745 bits per heavy atom. The van der Waals surface area contributed by atoms with Crippen LogP contribution in [-0.4, -0.2) is 141 Å². The lowest BCUT2D eigenvalue weighted by Gasteiger charge is -2.63. The molecule has 21 atom stereocenters. The van der Waals surface area contributed by atoms with Crippen molar-refractivity contribution >= 4 is 0 Å². The van der Waals surface area contributed by atoms with Crippen molar-refractivity contribution in [2.75, 3.05) is 20.3 Å². The highest BCUT2D eigenvalue weighted by atomic mass is 16.8. The summed E-state index contributed by atoms with van der Waals surface area (Å²) in [5.41, 5.74) is -0.388. The van der Waals surface area contributed by atoms with Crippen LogP contribution in [0.15, 0.2) is 0 Å². The highest BCUT2D eigenvalue weighted by Crippen LogP contribution is 2.68. The smallest absolute Gasteiger partial charge is 0.187 e. The summed E-state index contributed by atoms with van der Waals surface area (Å²) in [6.45, 7) is 10.3. The quantitative estimate of drug-likeness (QED) is 0.149. The molecule has 4 aliphatic carbocycles. The Balaban J connectivity index is 1.12. The second kappa shape index (κ2) is 15.5. The number of hydrogen-bond donors (Lipinski definition) is 8. The van der Waals surface area contributed by atoms with Gasteiger partial charge in [0.1, 0.15) is 36.6 Å². The predicted octanol–water partition coefficient (Wildman–Crippen LogP) is 0.933. The van der Waals surface area contributed by atoms with E-state index >= 15 is 0 Å². The van der Waals surface area contributed by atoms with Crippen molar-refractivity contribution in [3.8, 4) is 0 Å². The van der Waals surface area contributed by atoms with Crippen molar-refractivity contribution in [1.82, 2.24) is 0 Å². The van der Waals surface area contributed by atoms with E-state index in [1.54, 1.807) is 0 Å². The van der Waals surface area contributed by atoms with E-state index in [1.807, 2.05) is 0 Å². The Hall–Kier alpha value is -0.520. The highest BCUT2D eigenvalue weighted by molar-refractivity contribution is 5.14. The normalized spacial score (nSPS) is 52.6. The number of aliphatic hydroxyl groups is 8. The SMILES string of the molecule is CO[C@H]1[C@H](O[C@H]2[C@H](O[C@@H](CC[C@@H](C)[C@H]3C[C@@H](O)[C@H]4[C@@H]5C[C@H](O)[C@H]6[C@@H](O)[C@@H](O)CC[C@]6(C)[C@H]5CC[C@@]43C)C(C)C)O[C@H](CO)[C@@H]2O)OC[C@@H](O)[C@@H]1O. The van der Waals surface area contributed by atoms with Gasteiger partial charge in [-0.25, -0.2) is 0 Å². The number of rotatable bonds is 11. The van der Waals surface area contributed by atoms with Crippen LogP contribution in [0.5, 0.6) is 0 Å². The second-order valence-electron chi connectivity index (χ2n) is 17.9. The summed E-state index contributed by atoms with van der Waals surface area (Å²) in [5.74, 6) is 0.735. The van der Waals surface area contributed by atoms with Gasteiger partial charge >= 0.3 is 0 Å². The van der Waals surface area contributed by atoms with Gasteiger partial charge in [0.25, 0.3) is 0 Å². The van der Waals surface area contributed by atoms with Gasteiger partial charge in [0.2, 0.25) is 0 Å². The average molecular weight is 731 g/mol. The summed E-state index contributed by atoms with van der Waals surface area (Å²) < 4.78 is 29.6. The molecule has 13 nitrogen and oxygen atoms in total. The van der Waals surface area contributed by atoms with Gasteiger partial charge in [-0.3, -0.25) is 0 Å². The Kier molecular flexibility index (Phi) is 12.2. The van der Waals surface area contributed by atoms with Crippen LogP contribution < -0.4 is 0 Å². The standard InChI is InChI=1S/C38H66O13/c1-17(2)26(49-36-34(32(46)27(15-39)50-36)51-35-33(47-6)31(45)25(43)16-48-35)8-7-18(3)21-14-24(42)28-19-13-23(41)29-30(44)22(40)10-12-37(29,4)20(19)9-11-38(21,28)5/h17-36,39-46H,7-16H2,1-6H3/t18-,19-,20+,21-,22+,23+,24-,25-,26+,27-,28-,29+,30+,31+,32+,33-,34-,35+,36-,37-,38-/m1/s1. The fourth-order valence-electron chi connectivity index (χ4n) is 12.1. The largest absolute Gasteiger partial charge is 0.394 e. The molecule has 2 heterocycles. The molecule has 296 valence electrons. The van der Waals surface area contributed by atoms with Gasteiger partial charge < -0.3 is 64.5 Å². The molecular formula is C38H66O13. The van der Waals surface area contributed by atoms with Gasteiger partial charge in [-0.1, -0.05) is 34.6 Å². The maximum absolute atomic E-state index is 11.7. The van der Waals surface area contributed by atoms with Crippen molar-refractivity contribution in [2.45, 2.75) is 166 Å². The van der Waals surface area contributed by atoms with Crippen molar-refractivity contribution < 1.29 is 64.5 Å². The Morgan fingerprint density at radius 2 is 1.43 bits per heavy atom. The maximum Gasteiger partial charge on any atom is 0.187 e. The van der Waals surface area contributed by atoms with Crippen LogP contribution in [0.2, 0.25) is 0 Å². The number of aliphatic hydroxyl groups excluding tert-OH is 8. The summed E-state index contributed by atoms with van der Waals surface area (Å²) in [5, 5.41) is 86.1. The Bertz CT molecular complexity index is 1160. The third kappa shape index (κ3) is 7.08. The van der Waals surface area contributed by atoms with Gasteiger partial charge in [0.15, 0.2) is 12.6 Å². The second-order valence-corrected chi connectivity index (χ2v) is 17.9. The predicted molar refractivity (Wildman–Crippen MR) is 183 cm³/mol. The summed E-state index contributed by atoms with van der Waals surface area (Å²) >= 11 is 0. The third-order valence-corrected chi connectivity index (χ3v) is 14.9. The molecule has 51 heavy (non-hydrogen) atoms. The number of ether oxygens (including phenoxy) is 5. The van der Waals surface area contributed by atoms with Crippen LogP contribution in [0.1, 0.15) is 86.0 Å². The zero-order valence-electron chi connectivity index (χ0n) is 31.2. The van der Waals surface area contributed by atoms with Crippen LogP contribution in [0.25, 0.3) is 0 Å². The fourth-order valence-corrected chi connectivity index (χ4v) is 12.1. The first kappa shape index (κ1) is 40.2. The van der Waals surface area contributed by atoms with E-state index in [-0.39, 0.29) is 65.0 Å². The van der Waals surface area contributed by atoms with E-state index in [0.717, 1.165) is 25.7 Å². The molecule has 0 bridgehead atoms. The van der Waals surface area contributed by atoms with Crippen LogP contribution in [0, 0.1) is 52.3 Å². The minimum Gasteiger partial charge on any atom is -0.394 e. The average Bonchev–Trinajstić information content (AvgIpc) is 3.53. The minimum absolute atomic E-state index is 0.0523. The molecule has 0 radical (unpaired) electrons. The molecule has 2 aliphatic heterocycles. The number of fused-ring (bicyclic) bond motifs is 5. The maximum atomic E-state index is 11.7. The summed E-state index contributed by atoms with van der Waals surface area (Å²) in [4.78, 5) is 0. The molecule has 0 aromatic rings. The lowest BCUT2D eigenvalue weighted by molar-refractivity contribution is -0.311. The van der Waals surface area contributed by atoms with E-state index in [0.29, 0.717) is 25.7 Å². The fraction of sp³-hybridized carbons (Fsp3) is 1.00. The highest BCUT2D eigenvalue weighted by Gasteiger charge is 2.66. The monoisotopic (exact) mass is 730 g/mol. The molecule has 0 spiro atoms. The van der Waals surface area contributed by atoms with Crippen molar-refractivity contribution in [1.29, 1.82) is 0 Å². The van der Waals surface area contributed by atoms with Crippen molar-refractivity contribution in [3.63, 3.8) is 0 Å². The molecule has 8 N–H and O–H groups in total. The van der Waals surface area contributed by atoms with E-state index < -0.39 is 80.2 Å². The van der Waals surface area contributed by atoms with Crippen molar-refractivity contribution in [3.05, 3.63) is 0 Å². The van der Waals surface area contributed by atoms with Crippen LogP contribution in [0.4, 0.5) is 0 Å². The van der Waals surface area contributed by atoms with Gasteiger partial charge in [-0.15, -0.1) is 0 Å². The molecule has 2 saturated heterocycles. The number of methoxy groups -OCH3 is 1. The molecular weight excluding hydrogens is 664 g/mol. The first-order valence-corrected chi connectivity index (χ1v) is 19.5. The van der Waals surface area contributed by atoms with Crippen LogP contribution >= 0.6 is 0 Å². The summed E-state index contributed by atoms with van der Waals surface area (Å²) in [6.07, 6.45) is -5.99. The van der Waals surface area contributed by atoms with Gasteiger partial charge in [-0.2, -0.15) is 0 Å².